The summed E-state index contributed by atoms with van der Waals surface area (Å²) < 4.78 is 0. The molecule has 0 radical (unpaired) electrons. The van der Waals surface area contributed by atoms with E-state index in [9.17, 15) is 4.79 Å². The number of nitrogens with zero attached hydrogens (tertiary/aromatic N) is 4. The predicted molar refractivity (Wildman–Crippen MR) is 94.8 cm³/mol. The highest BCUT2D eigenvalue weighted by atomic mass is 16.1. The zero-order valence-electron chi connectivity index (χ0n) is 13.8. The summed E-state index contributed by atoms with van der Waals surface area (Å²) in [5.41, 5.74) is 1.24. The normalized spacial score (nSPS) is 17.5. The fourth-order valence-corrected chi connectivity index (χ4v) is 3.47. The summed E-state index contributed by atoms with van der Waals surface area (Å²) in [5, 5.41) is 0. The molecule has 2 fully saturated rings. The van der Waals surface area contributed by atoms with Crippen LogP contribution in [0.5, 0.6) is 0 Å². The average Bonchev–Trinajstić information content (AvgIpc) is 3.35. The minimum atomic E-state index is -0.0176. The van der Waals surface area contributed by atoms with Crippen molar-refractivity contribution < 1.29 is 4.79 Å². The minimum Gasteiger partial charge on any atom is -0.357 e. The molecule has 124 valence electrons. The molecule has 5 heteroatoms. The van der Waals surface area contributed by atoms with E-state index in [2.05, 4.69) is 19.8 Å². The summed E-state index contributed by atoms with van der Waals surface area (Å²) in [5.74, 6) is 1.91. The largest absolute Gasteiger partial charge is 0.357 e. The Kier molecular flexibility index (Phi) is 4.15. The number of pyridine rings is 2. The molecule has 0 atom stereocenters. The average molecular weight is 322 g/mol. The van der Waals surface area contributed by atoms with E-state index >= 15 is 0 Å². The van der Waals surface area contributed by atoms with Crippen LogP contribution in [0.2, 0.25) is 0 Å². The van der Waals surface area contributed by atoms with Gasteiger partial charge >= 0.3 is 0 Å². The molecule has 2 aliphatic rings. The van der Waals surface area contributed by atoms with Crippen LogP contribution in [0.25, 0.3) is 0 Å². The third-order valence-electron chi connectivity index (χ3n) is 4.88. The highest BCUT2D eigenvalue weighted by Crippen LogP contribution is 2.20. The van der Waals surface area contributed by atoms with Crippen LogP contribution < -0.4 is 9.80 Å². The van der Waals surface area contributed by atoms with Crippen molar-refractivity contribution in [2.24, 2.45) is 0 Å². The summed E-state index contributed by atoms with van der Waals surface area (Å²) in [6, 6.07) is 7.64. The molecule has 0 unspecified atom stereocenters. The maximum atomic E-state index is 12.6. The lowest BCUT2D eigenvalue weighted by Crippen LogP contribution is -2.19. The highest BCUT2D eigenvalue weighted by Gasteiger charge is 2.17. The van der Waals surface area contributed by atoms with Gasteiger partial charge in [0.25, 0.3) is 0 Å². The molecule has 4 heterocycles. The monoisotopic (exact) mass is 322 g/mol. The zero-order chi connectivity index (χ0) is 16.4. The van der Waals surface area contributed by atoms with E-state index in [0.29, 0.717) is 11.1 Å². The number of carbonyl (C=O) groups is 1. The van der Waals surface area contributed by atoms with Crippen molar-refractivity contribution in [1.29, 1.82) is 0 Å². The lowest BCUT2D eigenvalue weighted by molar-refractivity contribution is 0.103. The van der Waals surface area contributed by atoms with E-state index in [4.69, 9.17) is 0 Å². The SMILES string of the molecule is O=C(c1ccc(N2CCCC2)nc1)c1ccc(N2CCCC2)nc1. The van der Waals surface area contributed by atoms with Gasteiger partial charge in [-0.3, -0.25) is 4.79 Å². The van der Waals surface area contributed by atoms with Crippen molar-refractivity contribution >= 4 is 17.4 Å². The molecule has 0 aliphatic carbocycles. The molecule has 0 saturated carbocycles. The number of rotatable bonds is 4. The van der Waals surface area contributed by atoms with Gasteiger partial charge in [0.2, 0.25) is 0 Å². The standard InChI is InChI=1S/C19H22N4O/c24-19(15-5-7-17(20-13-15)22-9-1-2-10-22)16-6-8-18(21-14-16)23-11-3-4-12-23/h5-8,13-14H,1-4,9-12H2. The Labute approximate surface area is 142 Å². The van der Waals surface area contributed by atoms with E-state index in [-0.39, 0.29) is 5.78 Å². The van der Waals surface area contributed by atoms with E-state index in [1.807, 2.05) is 24.3 Å². The maximum Gasteiger partial charge on any atom is 0.196 e. The van der Waals surface area contributed by atoms with Gasteiger partial charge in [0.1, 0.15) is 11.6 Å². The first kappa shape index (κ1) is 15.1. The topological polar surface area (TPSA) is 49.3 Å². The van der Waals surface area contributed by atoms with Crippen LogP contribution in [0.3, 0.4) is 0 Å². The molecule has 2 aliphatic heterocycles. The molecule has 2 aromatic rings. The van der Waals surface area contributed by atoms with Crippen LogP contribution >= 0.6 is 0 Å². The fraction of sp³-hybridized carbons (Fsp3) is 0.421. The van der Waals surface area contributed by atoms with Gasteiger partial charge in [0, 0.05) is 49.7 Å². The van der Waals surface area contributed by atoms with Crippen LogP contribution in [0.15, 0.2) is 36.7 Å². The number of hydrogen-bond acceptors (Lipinski definition) is 5. The summed E-state index contributed by atoms with van der Waals surface area (Å²) >= 11 is 0. The number of aromatic nitrogens is 2. The second-order valence-corrected chi connectivity index (χ2v) is 6.53. The molecule has 0 N–H and O–H groups in total. The molecular weight excluding hydrogens is 300 g/mol. The summed E-state index contributed by atoms with van der Waals surface area (Å²) in [7, 11) is 0. The first-order valence-electron chi connectivity index (χ1n) is 8.78. The van der Waals surface area contributed by atoms with Crippen LogP contribution in [-0.4, -0.2) is 41.9 Å². The first-order chi connectivity index (χ1) is 11.8. The molecule has 0 amide bonds. The van der Waals surface area contributed by atoms with Gasteiger partial charge < -0.3 is 9.80 Å². The maximum absolute atomic E-state index is 12.6. The van der Waals surface area contributed by atoms with Crippen LogP contribution in [0.1, 0.15) is 41.6 Å². The summed E-state index contributed by atoms with van der Waals surface area (Å²) in [6.07, 6.45) is 8.25. The Morgan fingerprint density at radius 1 is 0.708 bits per heavy atom. The molecule has 5 nitrogen and oxygen atoms in total. The van der Waals surface area contributed by atoms with Crippen molar-refractivity contribution in [2.45, 2.75) is 25.7 Å². The first-order valence-corrected chi connectivity index (χ1v) is 8.78. The predicted octanol–water partition coefficient (Wildman–Crippen LogP) is 2.91. The number of hydrogen-bond donors (Lipinski definition) is 0. The Morgan fingerprint density at radius 3 is 1.46 bits per heavy atom. The lowest BCUT2D eigenvalue weighted by atomic mass is 10.1. The van der Waals surface area contributed by atoms with Gasteiger partial charge in [0.05, 0.1) is 0 Å². The van der Waals surface area contributed by atoms with Crippen molar-refractivity contribution in [3.63, 3.8) is 0 Å². The van der Waals surface area contributed by atoms with Gasteiger partial charge in [-0.1, -0.05) is 0 Å². The minimum absolute atomic E-state index is 0.0176. The fourth-order valence-electron chi connectivity index (χ4n) is 3.47. The summed E-state index contributed by atoms with van der Waals surface area (Å²) in [4.78, 5) is 26.1. The van der Waals surface area contributed by atoms with Crippen LogP contribution in [-0.2, 0) is 0 Å². The van der Waals surface area contributed by atoms with Gasteiger partial charge in [-0.15, -0.1) is 0 Å². The smallest absolute Gasteiger partial charge is 0.196 e. The second kappa shape index (κ2) is 6.59. The van der Waals surface area contributed by atoms with Crippen molar-refractivity contribution in [1.82, 2.24) is 9.97 Å². The highest BCUT2D eigenvalue weighted by molar-refractivity contribution is 6.08. The Morgan fingerprint density at radius 2 is 1.12 bits per heavy atom. The van der Waals surface area contributed by atoms with Gasteiger partial charge in [-0.05, 0) is 49.9 Å². The van der Waals surface area contributed by atoms with Crippen molar-refractivity contribution in [3.8, 4) is 0 Å². The Bertz CT molecular complexity index is 638. The van der Waals surface area contributed by atoms with E-state index in [1.54, 1.807) is 12.4 Å². The molecule has 24 heavy (non-hydrogen) atoms. The van der Waals surface area contributed by atoms with Gasteiger partial charge in [0.15, 0.2) is 5.78 Å². The molecule has 2 aromatic heterocycles. The van der Waals surface area contributed by atoms with E-state index in [1.165, 1.54) is 25.7 Å². The van der Waals surface area contributed by atoms with E-state index < -0.39 is 0 Å². The summed E-state index contributed by atoms with van der Waals surface area (Å²) in [6.45, 7) is 4.23. The third kappa shape index (κ3) is 2.98. The zero-order valence-corrected chi connectivity index (χ0v) is 13.8. The number of ketones is 1. The van der Waals surface area contributed by atoms with Crippen molar-refractivity contribution in [2.75, 3.05) is 36.0 Å². The number of anilines is 2. The Balaban J connectivity index is 1.48. The van der Waals surface area contributed by atoms with Crippen LogP contribution in [0, 0.1) is 0 Å². The molecule has 2 saturated heterocycles. The molecular formula is C19H22N4O. The van der Waals surface area contributed by atoms with E-state index in [0.717, 1.165) is 37.8 Å². The van der Waals surface area contributed by atoms with Crippen LogP contribution in [0.4, 0.5) is 11.6 Å². The second-order valence-electron chi connectivity index (χ2n) is 6.53. The quantitative estimate of drug-likeness (QED) is 0.810. The molecule has 4 rings (SSSR count). The van der Waals surface area contributed by atoms with Gasteiger partial charge in [-0.25, -0.2) is 9.97 Å². The van der Waals surface area contributed by atoms with Crippen molar-refractivity contribution in [3.05, 3.63) is 47.8 Å². The third-order valence-corrected chi connectivity index (χ3v) is 4.88. The molecule has 0 bridgehead atoms. The Hall–Kier alpha value is -2.43. The number of carbonyl (C=O) groups excluding carboxylic acids is 1. The lowest BCUT2D eigenvalue weighted by Gasteiger charge is -2.16. The van der Waals surface area contributed by atoms with Gasteiger partial charge in [-0.2, -0.15) is 0 Å². The molecule has 0 spiro atoms. The molecule has 0 aromatic carbocycles.